The molecule has 0 unspecified atom stereocenters. The molecule has 0 radical (unpaired) electrons. The van der Waals surface area contributed by atoms with Crippen LogP contribution in [0.5, 0.6) is 0 Å². The van der Waals surface area contributed by atoms with E-state index in [9.17, 15) is 4.39 Å². The van der Waals surface area contributed by atoms with Crippen LogP contribution in [0.25, 0.3) is 11.4 Å². The highest BCUT2D eigenvalue weighted by molar-refractivity contribution is 7.71. The van der Waals surface area contributed by atoms with Gasteiger partial charge < -0.3 is 0 Å². The first-order valence-corrected chi connectivity index (χ1v) is 6.53. The molecule has 3 aromatic rings. The van der Waals surface area contributed by atoms with Crippen LogP contribution in [-0.2, 0) is 0 Å². The molecular formula is C14H10FN5S. The van der Waals surface area contributed by atoms with E-state index in [2.05, 4.69) is 20.3 Å². The lowest BCUT2D eigenvalue weighted by Crippen LogP contribution is -1.96. The molecule has 104 valence electrons. The van der Waals surface area contributed by atoms with Crippen LogP contribution in [0.2, 0.25) is 0 Å². The Morgan fingerprint density at radius 2 is 1.95 bits per heavy atom. The van der Waals surface area contributed by atoms with E-state index in [0.717, 1.165) is 5.56 Å². The fraction of sp³-hybridized carbons (Fsp3) is 0. The SMILES string of the molecule is Fc1ccccc1/C=N/n1c(-c2ccncc2)n[nH]c1=S. The second-order valence-electron chi connectivity index (χ2n) is 4.17. The number of H-pyrrole nitrogens is 1. The Hall–Kier alpha value is -2.67. The van der Waals surface area contributed by atoms with E-state index in [1.807, 2.05) is 0 Å². The van der Waals surface area contributed by atoms with Gasteiger partial charge in [-0.05, 0) is 30.4 Å². The molecule has 0 aliphatic rings. The first kappa shape index (κ1) is 13.3. The molecule has 7 heteroatoms. The van der Waals surface area contributed by atoms with E-state index in [0.29, 0.717) is 16.2 Å². The highest BCUT2D eigenvalue weighted by atomic mass is 32.1. The first-order valence-electron chi connectivity index (χ1n) is 6.12. The normalized spacial score (nSPS) is 11.1. The first-order chi connectivity index (χ1) is 10.3. The van der Waals surface area contributed by atoms with Crippen molar-refractivity contribution in [1.82, 2.24) is 19.9 Å². The maximum atomic E-state index is 13.6. The summed E-state index contributed by atoms with van der Waals surface area (Å²) in [4.78, 5) is 3.95. The zero-order valence-electron chi connectivity index (χ0n) is 10.8. The van der Waals surface area contributed by atoms with E-state index in [4.69, 9.17) is 12.2 Å². The Morgan fingerprint density at radius 3 is 2.71 bits per heavy atom. The number of aromatic nitrogens is 4. The molecular weight excluding hydrogens is 289 g/mol. The minimum Gasteiger partial charge on any atom is -0.265 e. The number of hydrogen-bond acceptors (Lipinski definition) is 4. The molecule has 1 N–H and O–H groups in total. The average molecular weight is 299 g/mol. The fourth-order valence-corrected chi connectivity index (χ4v) is 1.97. The molecule has 0 atom stereocenters. The molecule has 0 aliphatic carbocycles. The lowest BCUT2D eigenvalue weighted by molar-refractivity contribution is 0.625. The lowest BCUT2D eigenvalue weighted by atomic mass is 10.2. The predicted molar refractivity (Wildman–Crippen MR) is 80.0 cm³/mol. The fourth-order valence-electron chi connectivity index (χ4n) is 1.79. The van der Waals surface area contributed by atoms with Crippen LogP contribution in [0, 0.1) is 10.6 Å². The Balaban J connectivity index is 2.02. The smallest absolute Gasteiger partial charge is 0.216 e. The topological polar surface area (TPSA) is 58.9 Å². The largest absolute Gasteiger partial charge is 0.265 e. The highest BCUT2D eigenvalue weighted by Crippen LogP contribution is 2.15. The number of benzene rings is 1. The van der Waals surface area contributed by atoms with Crippen LogP contribution in [0.15, 0.2) is 53.9 Å². The zero-order valence-corrected chi connectivity index (χ0v) is 11.6. The van der Waals surface area contributed by atoms with Crippen LogP contribution >= 0.6 is 12.2 Å². The molecule has 2 heterocycles. The van der Waals surface area contributed by atoms with Gasteiger partial charge in [0.2, 0.25) is 4.77 Å². The van der Waals surface area contributed by atoms with Crippen LogP contribution in [0.1, 0.15) is 5.56 Å². The Labute approximate surface area is 124 Å². The minimum absolute atomic E-state index is 0.328. The van der Waals surface area contributed by atoms with Crippen molar-refractivity contribution < 1.29 is 4.39 Å². The summed E-state index contributed by atoms with van der Waals surface area (Å²) < 4.78 is 15.4. The molecule has 0 spiro atoms. The molecule has 0 bridgehead atoms. The summed E-state index contributed by atoms with van der Waals surface area (Å²) in [7, 11) is 0. The summed E-state index contributed by atoms with van der Waals surface area (Å²) >= 11 is 5.14. The summed E-state index contributed by atoms with van der Waals surface area (Å²) in [5.41, 5.74) is 1.18. The van der Waals surface area contributed by atoms with Gasteiger partial charge in [-0.25, -0.2) is 9.49 Å². The van der Waals surface area contributed by atoms with E-state index < -0.39 is 0 Å². The summed E-state index contributed by atoms with van der Waals surface area (Å²) in [5.74, 6) is 0.191. The number of nitrogens with zero attached hydrogens (tertiary/aromatic N) is 4. The summed E-state index contributed by atoms with van der Waals surface area (Å²) in [6, 6.07) is 9.95. The van der Waals surface area contributed by atoms with Gasteiger partial charge in [-0.1, -0.05) is 18.2 Å². The molecule has 5 nitrogen and oxygen atoms in total. The lowest BCUT2D eigenvalue weighted by Gasteiger charge is -2.00. The van der Waals surface area contributed by atoms with Gasteiger partial charge in [-0.15, -0.1) is 0 Å². The van der Waals surface area contributed by atoms with E-state index >= 15 is 0 Å². The third-order valence-electron chi connectivity index (χ3n) is 2.81. The Kier molecular flexibility index (Phi) is 3.65. The average Bonchev–Trinajstić information content (AvgIpc) is 2.88. The summed E-state index contributed by atoms with van der Waals surface area (Å²) in [6.45, 7) is 0. The number of rotatable bonds is 3. The standard InChI is InChI=1S/C14H10FN5S/c15-12-4-2-1-3-11(12)9-17-20-13(18-19-14(20)21)10-5-7-16-8-6-10/h1-9H,(H,19,21)/b17-9+. The van der Waals surface area contributed by atoms with E-state index in [-0.39, 0.29) is 5.82 Å². The second-order valence-corrected chi connectivity index (χ2v) is 4.55. The molecule has 0 fully saturated rings. The van der Waals surface area contributed by atoms with Gasteiger partial charge >= 0.3 is 0 Å². The number of nitrogens with one attached hydrogen (secondary N) is 1. The number of halogens is 1. The van der Waals surface area contributed by atoms with Gasteiger partial charge in [0.05, 0.1) is 6.21 Å². The molecule has 3 rings (SSSR count). The van der Waals surface area contributed by atoms with Crippen molar-refractivity contribution in [1.29, 1.82) is 0 Å². The van der Waals surface area contributed by atoms with Gasteiger partial charge in [-0.2, -0.15) is 14.9 Å². The quantitative estimate of drug-likeness (QED) is 0.597. The number of pyridine rings is 1. The monoisotopic (exact) mass is 299 g/mol. The molecule has 0 saturated carbocycles. The van der Waals surface area contributed by atoms with Crippen LogP contribution in [0.3, 0.4) is 0 Å². The number of aromatic amines is 1. The number of hydrogen-bond donors (Lipinski definition) is 1. The maximum Gasteiger partial charge on any atom is 0.216 e. The molecule has 1 aromatic carbocycles. The van der Waals surface area contributed by atoms with Crippen molar-refractivity contribution in [2.75, 3.05) is 0 Å². The summed E-state index contributed by atoms with van der Waals surface area (Å²) in [5, 5.41) is 11.0. The van der Waals surface area contributed by atoms with Crippen LogP contribution in [0.4, 0.5) is 4.39 Å². The summed E-state index contributed by atoms with van der Waals surface area (Å²) in [6.07, 6.45) is 4.71. The van der Waals surface area contributed by atoms with Gasteiger partial charge in [-0.3, -0.25) is 4.98 Å². The zero-order chi connectivity index (χ0) is 14.7. The van der Waals surface area contributed by atoms with Crippen molar-refractivity contribution in [2.24, 2.45) is 5.10 Å². The van der Waals surface area contributed by atoms with Crippen molar-refractivity contribution in [3.05, 3.63) is 64.9 Å². The van der Waals surface area contributed by atoms with Crippen LogP contribution in [-0.4, -0.2) is 26.1 Å². The molecule has 0 saturated heterocycles. The van der Waals surface area contributed by atoms with Gasteiger partial charge in [0, 0.05) is 23.5 Å². The van der Waals surface area contributed by atoms with Crippen molar-refractivity contribution >= 4 is 18.4 Å². The molecule has 0 aliphatic heterocycles. The maximum absolute atomic E-state index is 13.6. The minimum atomic E-state index is -0.346. The second kappa shape index (κ2) is 5.76. The third kappa shape index (κ3) is 2.77. The predicted octanol–water partition coefficient (Wildman–Crippen LogP) is 3.02. The third-order valence-corrected chi connectivity index (χ3v) is 3.07. The molecule has 2 aromatic heterocycles. The van der Waals surface area contributed by atoms with Crippen molar-refractivity contribution in [2.45, 2.75) is 0 Å². The van der Waals surface area contributed by atoms with Crippen molar-refractivity contribution in [3.8, 4) is 11.4 Å². The van der Waals surface area contributed by atoms with E-state index in [1.54, 1.807) is 42.7 Å². The molecule has 21 heavy (non-hydrogen) atoms. The van der Waals surface area contributed by atoms with Gasteiger partial charge in [0.15, 0.2) is 5.82 Å². The van der Waals surface area contributed by atoms with E-state index in [1.165, 1.54) is 17.0 Å². The van der Waals surface area contributed by atoms with Gasteiger partial charge in [0.25, 0.3) is 0 Å². The Bertz CT molecular complexity index is 838. The van der Waals surface area contributed by atoms with Crippen LogP contribution < -0.4 is 0 Å². The molecule has 0 amide bonds. The van der Waals surface area contributed by atoms with Gasteiger partial charge in [0.1, 0.15) is 5.82 Å². The van der Waals surface area contributed by atoms with Crippen molar-refractivity contribution in [3.63, 3.8) is 0 Å². The highest BCUT2D eigenvalue weighted by Gasteiger charge is 2.07. The Morgan fingerprint density at radius 1 is 1.19 bits per heavy atom.